The Hall–Kier alpha value is -1.42. The zero-order chi connectivity index (χ0) is 12.1. The van der Waals surface area contributed by atoms with E-state index in [-0.39, 0.29) is 5.91 Å². The van der Waals surface area contributed by atoms with Gasteiger partial charge in [-0.1, -0.05) is 0 Å². The summed E-state index contributed by atoms with van der Waals surface area (Å²) in [5.41, 5.74) is 1.16. The summed E-state index contributed by atoms with van der Waals surface area (Å²) in [6.45, 7) is 1.47. The molecule has 0 unspecified atom stereocenters. The predicted molar refractivity (Wildman–Crippen MR) is 66.4 cm³/mol. The molecule has 0 aromatic carbocycles. The van der Waals surface area contributed by atoms with Crippen molar-refractivity contribution in [2.24, 2.45) is 0 Å². The summed E-state index contributed by atoms with van der Waals surface area (Å²) in [5, 5.41) is 3.02. The number of carbonyl (C=O) groups is 1. The lowest BCUT2D eigenvalue weighted by atomic mass is 10.2. The number of aromatic nitrogens is 1. The molecule has 92 valence electrons. The molecule has 1 aromatic rings. The van der Waals surface area contributed by atoms with Gasteiger partial charge in [0.25, 0.3) is 0 Å². The van der Waals surface area contributed by atoms with E-state index >= 15 is 0 Å². The van der Waals surface area contributed by atoms with Crippen LogP contribution in [0, 0.1) is 0 Å². The summed E-state index contributed by atoms with van der Waals surface area (Å²) in [6.07, 6.45) is 6.43. The van der Waals surface area contributed by atoms with Crippen molar-refractivity contribution in [3.8, 4) is 0 Å². The maximum atomic E-state index is 12.1. The van der Waals surface area contributed by atoms with Gasteiger partial charge in [-0.25, -0.2) is 0 Å². The average Bonchev–Trinajstić information content (AvgIpc) is 3.18. The molecule has 17 heavy (non-hydrogen) atoms. The lowest BCUT2D eigenvalue weighted by Crippen LogP contribution is -2.34. The second-order valence-corrected chi connectivity index (χ2v) is 4.46. The third kappa shape index (κ3) is 3.53. The summed E-state index contributed by atoms with van der Waals surface area (Å²) < 4.78 is 0. The van der Waals surface area contributed by atoms with Crippen molar-refractivity contribution in [3.63, 3.8) is 0 Å². The molecule has 1 heterocycles. The van der Waals surface area contributed by atoms with Gasteiger partial charge in [0.1, 0.15) is 0 Å². The lowest BCUT2D eigenvalue weighted by Gasteiger charge is -2.22. The zero-order valence-corrected chi connectivity index (χ0v) is 10.2. The van der Waals surface area contributed by atoms with Gasteiger partial charge in [0, 0.05) is 37.9 Å². The fraction of sp³-hybridized carbons (Fsp3) is 0.538. The van der Waals surface area contributed by atoms with Crippen LogP contribution in [-0.2, 0) is 11.3 Å². The standard InChI is InChI=1S/C13H19N3O/c1-14-7-6-13(17)16(12-2-3-12)10-11-4-8-15-9-5-11/h4-5,8-9,12,14H,2-3,6-7,10H2,1H3. The van der Waals surface area contributed by atoms with Crippen LogP contribution in [0.1, 0.15) is 24.8 Å². The van der Waals surface area contributed by atoms with Crippen LogP contribution in [0.5, 0.6) is 0 Å². The fourth-order valence-corrected chi connectivity index (χ4v) is 1.87. The number of rotatable bonds is 6. The molecule has 0 radical (unpaired) electrons. The van der Waals surface area contributed by atoms with Crippen LogP contribution in [0.3, 0.4) is 0 Å². The van der Waals surface area contributed by atoms with E-state index in [2.05, 4.69) is 10.3 Å². The SMILES string of the molecule is CNCCC(=O)N(Cc1ccncc1)C1CC1. The van der Waals surface area contributed by atoms with Gasteiger partial charge >= 0.3 is 0 Å². The molecule has 0 bridgehead atoms. The topological polar surface area (TPSA) is 45.2 Å². The Morgan fingerprint density at radius 2 is 2.18 bits per heavy atom. The number of nitrogens with one attached hydrogen (secondary N) is 1. The molecular formula is C13H19N3O. The van der Waals surface area contributed by atoms with Crippen LogP contribution in [0.2, 0.25) is 0 Å². The molecule has 4 nitrogen and oxygen atoms in total. The summed E-state index contributed by atoms with van der Waals surface area (Å²) in [6, 6.07) is 4.41. The van der Waals surface area contributed by atoms with Gasteiger partial charge in [0.15, 0.2) is 0 Å². The predicted octanol–water partition coefficient (Wildman–Crippen LogP) is 1.18. The highest BCUT2D eigenvalue weighted by atomic mass is 16.2. The highest BCUT2D eigenvalue weighted by molar-refractivity contribution is 5.77. The molecule has 0 saturated heterocycles. The Balaban J connectivity index is 1.95. The highest BCUT2D eigenvalue weighted by Crippen LogP contribution is 2.28. The van der Waals surface area contributed by atoms with Crippen LogP contribution in [0.15, 0.2) is 24.5 Å². The molecule has 1 saturated carbocycles. The van der Waals surface area contributed by atoms with E-state index in [1.807, 2.05) is 24.1 Å². The van der Waals surface area contributed by atoms with Gasteiger partial charge in [0.2, 0.25) is 5.91 Å². The summed E-state index contributed by atoms with van der Waals surface area (Å²) >= 11 is 0. The largest absolute Gasteiger partial charge is 0.335 e. The third-order valence-electron chi connectivity index (χ3n) is 3.00. The molecule has 4 heteroatoms. The molecule has 0 atom stereocenters. The Kier molecular flexibility index (Phi) is 4.09. The minimum Gasteiger partial charge on any atom is -0.335 e. The van der Waals surface area contributed by atoms with Crippen molar-refractivity contribution in [2.45, 2.75) is 31.8 Å². The van der Waals surface area contributed by atoms with E-state index in [1.165, 1.54) is 0 Å². The zero-order valence-electron chi connectivity index (χ0n) is 10.2. The van der Waals surface area contributed by atoms with E-state index in [1.54, 1.807) is 12.4 Å². The van der Waals surface area contributed by atoms with E-state index in [4.69, 9.17) is 0 Å². The minimum absolute atomic E-state index is 0.249. The molecule has 1 N–H and O–H groups in total. The minimum atomic E-state index is 0.249. The van der Waals surface area contributed by atoms with Gasteiger partial charge in [-0.05, 0) is 37.6 Å². The van der Waals surface area contributed by atoms with Crippen molar-refractivity contribution in [1.82, 2.24) is 15.2 Å². The number of nitrogens with zero attached hydrogens (tertiary/aromatic N) is 2. The Morgan fingerprint density at radius 3 is 2.76 bits per heavy atom. The molecule has 1 aromatic heterocycles. The monoisotopic (exact) mass is 233 g/mol. The maximum Gasteiger partial charge on any atom is 0.224 e. The van der Waals surface area contributed by atoms with Crippen molar-refractivity contribution >= 4 is 5.91 Å². The molecule has 1 fully saturated rings. The second kappa shape index (κ2) is 5.77. The normalized spacial score (nSPS) is 14.6. The molecule has 1 amide bonds. The third-order valence-corrected chi connectivity index (χ3v) is 3.00. The highest BCUT2D eigenvalue weighted by Gasteiger charge is 2.31. The van der Waals surface area contributed by atoms with Crippen molar-refractivity contribution in [3.05, 3.63) is 30.1 Å². The van der Waals surface area contributed by atoms with Crippen LogP contribution in [0.4, 0.5) is 0 Å². The van der Waals surface area contributed by atoms with Crippen LogP contribution in [-0.4, -0.2) is 35.4 Å². The van der Waals surface area contributed by atoms with Gasteiger partial charge in [0.05, 0.1) is 0 Å². The van der Waals surface area contributed by atoms with E-state index in [9.17, 15) is 4.79 Å². The van der Waals surface area contributed by atoms with Crippen LogP contribution < -0.4 is 5.32 Å². The number of pyridine rings is 1. The number of amides is 1. The van der Waals surface area contributed by atoms with E-state index in [0.717, 1.165) is 31.5 Å². The van der Waals surface area contributed by atoms with Crippen LogP contribution >= 0.6 is 0 Å². The first-order valence-corrected chi connectivity index (χ1v) is 6.14. The smallest absolute Gasteiger partial charge is 0.224 e. The molecule has 0 aliphatic heterocycles. The summed E-state index contributed by atoms with van der Waals surface area (Å²) in [4.78, 5) is 18.1. The average molecular weight is 233 g/mol. The second-order valence-electron chi connectivity index (χ2n) is 4.46. The number of carbonyl (C=O) groups excluding carboxylic acids is 1. The Bertz CT molecular complexity index is 362. The summed E-state index contributed by atoms with van der Waals surface area (Å²) in [7, 11) is 1.87. The van der Waals surface area contributed by atoms with Gasteiger partial charge in [-0.2, -0.15) is 0 Å². The molecule has 1 aliphatic rings. The number of hydrogen-bond acceptors (Lipinski definition) is 3. The first kappa shape index (κ1) is 12.0. The quantitative estimate of drug-likeness (QED) is 0.802. The van der Waals surface area contributed by atoms with E-state index in [0.29, 0.717) is 12.5 Å². The fourth-order valence-electron chi connectivity index (χ4n) is 1.87. The number of hydrogen-bond donors (Lipinski definition) is 1. The molecule has 2 rings (SSSR count). The molecular weight excluding hydrogens is 214 g/mol. The van der Waals surface area contributed by atoms with Gasteiger partial charge in [-0.3, -0.25) is 9.78 Å². The first-order valence-electron chi connectivity index (χ1n) is 6.14. The van der Waals surface area contributed by atoms with Gasteiger partial charge < -0.3 is 10.2 Å². The van der Waals surface area contributed by atoms with Crippen molar-refractivity contribution in [2.75, 3.05) is 13.6 Å². The molecule has 0 spiro atoms. The summed E-state index contributed by atoms with van der Waals surface area (Å²) in [5.74, 6) is 0.249. The lowest BCUT2D eigenvalue weighted by molar-refractivity contribution is -0.132. The van der Waals surface area contributed by atoms with Gasteiger partial charge in [-0.15, -0.1) is 0 Å². The first-order chi connectivity index (χ1) is 8.31. The Labute approximate surface area is 102 Å². The van der Waals surface area contributed by atoms with Crippen molar-refractivity contribution in [1.29, 1.82) is 0 Å². The molecule has 1 aliphatic carbocycles. The van der Waals surface area contributed by atoms with Crippen LogP contribution in [0.25, 0.3) is 0 Å². The van der Waals surface area contributed by atoms with E-state index < -0.39 is 0 Å². The maximum absolute atomic E-state index is 12.1. The van der Waals surface area contributed by atoms with Crippen molar-refractivity contribution < 1.29 is 4.79 Å². The Morgan fingerprint density at radius 1 is 1.47 bits per heavy atom.